The summed E-state index contributed by atoms with van der Waals surface area (Å²) >= 11 is 3.35. The van der Waals surface area contributed by atoms with Crippen molar-refractivity contribution >= 4 is 25.8 Å². The average Bonchev–Trinajstić information content (AvgIpc) is 2.45. The molecule has 112 valence electrons. The molecule has 5 heteroatoms. The summed E-state index contributed by atoms with van der Waals surface area (Å²) in [6.45, 7) is 3.10. The number of rotatable bonds is 5. The Hall–Kier alpha value is -0.390. The normalized spacial score (nSPS) is 23.7. The van der Waals surface area contributed by atoms with Gasteiger partial charge in [0.15, 0.2) is 9.84 Å². The summed E-state index contributed by atoms with van der Waals surface area (Å²) in [6.07, 6.45) is 4.66. The number of nitrogens with one attached hydrogen (secondary N) is 1. The third kappa shape index (κ3) is 3.83. The lowest BCUT2D eigenvalue weighted by Crippen LogP contribution is -2.39. The van der Waals surface area contributed by atoms with Gasteiger partial charge in [-0.2, -0.15) is 0 Å². The molecule has 3 nitrogen and oxygen atoms in total. The molecular weight excluding hydrogens is 338 g/mol. The van der Waals surface area contributed by atoms with Gasteiger partial charge in [-0.15, -0.1) is 0 Å². The lowest BCUT2D eigenvalue weighted by molar-refractivity contribution is 0.372. The average molecular weight is 360 g/mol. The van der Waals surface area contributed by atoms with Gasteiger partial charge in [0.05, 0.1) is 10.1 Å². The highest BCUT2D eigenvalue weighted by Gasteiger charge is 2.32. The summed E-state index contributed by atoms with van der Waals surface area (Å²) in [7, 11) is -3.21. The topological polar surface area (TPSA) is 46.2 Å². The van der Waals surface area contributed by atoms with Crippen molar-refractivity contribution in [1.82, 2.24) is 5.32 Å². The van der Waals surface area contributed by atoms with Crippen molar-refractivity contribution in [3.05, 3.63) is 28.7 Å². The third-order valence-corrected chi connectivity index (χ3v) is 6.58. The molecule has 0 aromatic heterocycles. The highest BCUT2D eigenvalue weighted by atomic mass is 79.9. The molecule has 1 aliphatic carbocycles. The molecule has 0 heterocycles. The molecule has 20 heavy (non-hydrogen) atoms. The summed E-state index contributed by atoms with van der Waals surface area (Å²) in [5, 5.41) is 3.21. The molecule has 2 atom stereocenters. The SMILES string of the molecule is CCCNC1CCCC(S(=O)(=O)c2cccc(Br)c2)C1. The molecule has 0 saturated heterocycles. The smallest absolute Gasteiger partial charge is 0.181 e. The van der Waals surface area contributed by atoms with Crippen LogP contribution in [0.4, 0.5) is 0 Å². The first-order chi connectivity index (χ1) is 9.54. The molecule has 1 aromatic carbocycles. The number of halogens is 1. The molecule has 0 bridgehead atoms. The van der Waals surface area contributed by atoms with E-state index in [1.807, 2.05) is 6.07 Å². The van der Waals surface area contributed by atoms with Gasteiger partial charge < -0.3 is 5.32 Å². The zero-order chi connectivity index (χ0) is 14.6. The van der Waals surface area contributed by atoms with E-state index in [1.165, 1.54) is 0 Å². The quantitative estimate of drug-likeness (QED) is 0.874. The molecule has 0 aliphatic heterocycles. The fourth-order valence-electron chi connectivity index (χ4n) is 2.80. The Balaban J connectivity index is 2.13. The van der Waals surface area contributed by atoms with Crippen molar-refractivity contribution in [2.75, 3.05) is 6.54 Å². The van der Waals surface area contributed by atoms with Crippen LogP contribution in [0.1, 0.15) is 39.0 Å². The van der Waals surface area contributed by atoms with Crippen LogP contribution in [0.5, 0.6) is 0 Å². The summed E-state index contributed by atoms with van der Waals surface area (Å²) in [5.41, 5.74) is 0. The van der Waals surface area contributed by atoms with Gasteiger partial charge in [0.25, 0.3) is 0 Å². The Morgan fingerprint density at radius 2 is 2.15 bits per heavy atom. The molecule has 1 saturated carbocycles. The molecule has 1 aliphatic rings. The Labute approximate surface area is 130 Å². The molecule has 0 radical (unpaired) electrons. The maximum atomic E-state index is 12.7. The Morgan fingerprint density at radius 3 is 2.85 bits per heavy atom. The van der Waals surface area contributed by atoms with Crippen molar-refractivity contribution < 1.29 is 8.42 Å². The minimum absolute atomic E-state index is 0.250. The minimum atomic E-state index is -3.21. The van der Waals surface area contributed by atoms with Crippen LogP contribution in [0, 0.1) is 0 Å². The molecule has 1 aromatic rings. The fraction of sp³-hybridized carbons (Fsp3) is 0.600. The van der Waals surface area contributed by atoms with E-state index in [2.05, 4.69) is 28.2 Å². The molecule has 1 N–H and O–H groups in total. The van der Waals surface area contributed by atoms with Crippen LogP contribution in [0.15, 0.2) is 33.6 Å². The van der Waals surface area contributed by atoms with Gasteiger partial charge in [-0.1, -0.05) is 35.3 Å². The van der Waals surface area contributed by atoms with Gasteiger partial charge in [-0.25, -0.2) is 8.42 Å². The first-order valence-electron chi connectivity index (χ1n) is 7.27. The summed E-state index contributed by atoms with van der Waals surface area (Å²) in [5.74, 6) is 0. The number of benzene rings is 1. The highest BCUT2D eigenvalue weighted by molar-refractivity contribution is 9.10. The Morgan fingerprint density at radius 1 is 1.35 bits per heavy atom. The van der Waals surface area contributed by atoms with Gasteiger partial charge in [0.1, 0.15) is 0 Å². The van der Waals surface area contributed by atoms with Crippen molar-refractivity contribution in [2.24, 2.45) is 0 Å². The van der Waals surface area contributed by atoms with Crippen molar-refractivity contribution in [3.63, 3.8) is 0 Å². The van der Waals surface area contributed by atoms with Crippen molar-refractivity contribution in [3.8, 4) is 0 Å². The van der Waals surface area contributed by atoms with Gasteiger partial charge in [-0.05, 0) is 50.4 Å². The van der Waals surface area contributed by atoms with Crippen LogP contribution in [0.3, 0.4) is 0 Å². The summed E-state index contributed by atoms with van der Waals surface area (Å²) in [4.78, 5) is 0.438. The Bertz CT molecular complexity index is 545. The standard InChI is InChI=1S/C15H22BrNO2S/c1-2-9-17-13-6-4-8-15(11-13)20(18,19)14-7-3-5-12(16)10-14/h3,5,7,10,13,15,17H,2,4,6,8-9,11H2,1H3. The second kappa shape index (κ2) is 7.05. The first kappa shape index (κ1) is 16.0. The van der Waals surface area contributed by atoms with E-state index in [-0.39, 0.29) is 5.25 Å². The second-order valence-electron chi connectivity index (χ2n) is 5.44. The van der Waals surface area contributed by atoms with Crippen LogP contribution in [0.2, 0.25) is 0 Å². The van der Waals surface area contributed by atoms with E-state index in [0.717, 1.165) is 43.1 Å². The largest absolute Gasteiger partial charge is 0.314 e. The molecular formula is C15H22BrNO2S. The Kier molecular flexibility index (Phi) is 5.64. The molecule has 0 amide bonds. The van der Waals surface area contributed by atoms with Crippen LogP contribution in [-0.2, 0) is 9.84 Å². The monoisotopic (exact) mass is 359 g/mol. The zero-order valence-corrected chi connectivity index (χ0v) is 14.2. The number of hydrogen-bond donors (Lipinski definition) is 1. The summed E-state index contributed by atoms with van der Waals surface area (Å²) < 4.78 is 26.2. The van der Waals surface area contributed by atoms with Crippen molar-refractivity contribution in [2.45, 2.75) is 55.2 Å². The molecule has 1 fully saturated rings. The molecule has 2 rings (SSSR count). The van der Waals surface area contributed by atoms with Gasteiger partial charge in [0.2, 0.25) is 0 Å². The molecule has 0 spiro atoms. The van der Waals surface area contributed by atoms with E-state index in [0.29, 0.717) is 10.9 Å². The van der Waals surface area contributed by atoms with Crippen LogP contribution in [-0.4, -0.2) is 26.3 Å². The fourth-order valence-corrected chi connectivity index (χ4v) is 5.25. The van der Waals surface area contributed by atoms with E-state index in [9.17, 15) is 8.42 Å². The first-order valence-corrected chi connectivity index (χ1v) is 9.61. The number of sulfone groups is 1. The summed E-state index contributed by atoms with van der Waals surface area (Å²) in [6, 6.07) is 7.38. The van der Waals surface area contributed by atoms with Crippen LogP contribution in [0.25, 0.3) is 0 Å². The number of hydrogen-bond acceptors (Lipinski definition) is 3. The highest BCUT2D eigenvalue weighted by Crippen LogP contribution is 2.30. The minimum Gasteiger partial charge on any atom is -0.314 e. The van der Waals surface area contributed by atoms with Gasteiger partial charge in [-0.3, -0.25) is 0 Å². The second-order valence-corrected chi connectivity index (χ2v) is 8.59. The van der Waals surface area contributed by atoms with E-state index >= 15 is 0 Å². The third-order valence-electron chi connectivity index (χ3n) is 3.87. The van der Waals surface area contributed by atoms with E-state index < -0.39 is 9.84 Å². The van der Waals surface area contributed by atoms with E-state index in [1.54, 1.807) is 18.2 Å². The maximum Gasteiger partial charge on any atom is 0.181 e. The van der Waals surface area contributed by atoms with E-state index in [4.69, 9.17) is 0 Å². The predicted octanol–water partition coefficient (Wildman–Crippen LogP) is 3.53. The lowest BCUT2D eigenvalue weighted by atomic mass is 9.95. The zero-order valence-electron chi connectivity index (χ0n) is 11.8. The van der Waals surface area contributed by atoms with Crippen LogP contribution >= 0.6 is 15.9 Å². The predicted molar refractivity (Wildman–Crippen MR) is 85.7 cm³/mol. The maximum absolute atomic E-state index is 12.7. The van der Waals surface area contributed by atoms with Gasteiger partial charge >= 0.3 is 0 Å². The molecule has 2 unspecified atom stereocenters. The lowest BCUT2D eigenvalue weighted by Gasteiger charge is -2.29. The van der Waals surface area contributed by atoms with Gasteiger partial charge in [0, 0.05) is 10.5 Å². The van der Waals surface area contributed by atoms with Crippen molar-refractivity contribution in [1.29, 1.82) is 0 Å². The van der Waals surface area contributed by atoms with Crippen LogP contribution < -0.4 is 5.32 Å².